The lowest BCUT2D eigenvalue weighted by Crippen LogP contribution is -2.14. The first-order chi connectivity index (χ1) is 5.45. The molecule has 2 aliphatic rings. The minimum absolute atomic E-state index is 0. The zero-order valence-electron chi connectivity index (χ0n) is 7.42. The standard InChI is InChI=1S/C9H17NO.ClH/c1-2-8(1)6-11-7-9-3-4-10-5-9;/h8-10H,1-7H2;1H. The average molecular weight is 192 g/mol. The lowest BCUT2D eigenvalue weighted by Gasteiger charge is -2.07. The fourth-order valence-corrected chi connectivity index (χ4v) is 1.54. The van der Waals surface area contributed by atoms with E-state index in [4.69, 9.17) is 4.74 Å². The molecule has 0 aromatic carbocycles. The van der Waals surface area contributed by atoms with E-state index in [-0.39, 0.29) is 12.4 Å². The first-order valence-electron chi connectivity index (χ1n) is 4.73. The second kappa shape index (κ2) is 5.05. The van der Waals surface area contributed by atoms with E-state index in [0.717, 1.165) is 25.0 Å². The van der Waals surface area contributed by atoms with E-state index in [2.05, 4.69) is 5.32 Å². The van der Waals surface area contributed by atoms with Crippen molar-refractivity contribution in [2.24, 2.45) is 11.8 Å². The minimum Gasteiger partial charge on any atom is -0.381 e. The molecule has 0 bridgehead atoms. The summed E-state index contributed by atoms with van der Waals surface area (Å²) in [5.74, 6) is 1.72. The minimum atomic E-state index is 0. The van der Waals surface area contributed by atoms with Crippen LogP contribution in [0.2, 0.25) is 0 Å². The number of rotatable bonds is 4. The summed E-state index contributed by atoms with van der Waals surface area (Å²) in [6.07, 6.45) is 4.12. The van der Waals surface area contributed by atoms with Gasteiger partial charge < -0.3 is 10.1 Å². The van der Waals surface area contributed by atoms with Crippen LogP contribution >= 0.6 is 12.4 Å². The number of ether oxygens (including phenoxy) is 1. The highest BCUT2D eigenvalue weighted by Gasteiger charge is 2.22. The van der Waals surface area contributed by atoms with Gasteiger partial charge in [-0.05, 0) is 37.6 Å². The topological polar surface area (TPSA) is 21.3 Å². The summed E-state index contributed by atoms with van der Waals surface area (Å²) < 4.78 is 5.60. The third-order valence-corrected chi connectivity index (χ3v) is 2.57. The fraction of sp³-hybridized carbons (Fsp3) is 1.00. The Bertz CT molecular complexity index is 122. The highest BCUT2D eigenvalue weighted by Crippen LogP contribution is 2.29. The van der Waals surface area contributed by atoms with Gasteiger partial charge in [-0.15, -0.1) is 12.4 Å². The van der Waals surface area contributed by atoms with Gasteiger partial charge in [0.1, 0.15) is 0 Å². The van der Waals surface area contributed by atoms with Crippen LogP contribution < -0.4 is 5.32 Å². The quantitative estimate of drug-likeness (QED) is 0.727. The van der Waals surface area contributed by atoms with Gasteiger partial charge in [-0.2, -0.15) is 0 Å². The van der Waals surface area contributed by atoms with Crippen molar-refractivity contribution in [3.63, 3.8) is 0 Å². The molecule has 72 valence electrons. The molecular weight excluding hydrogens is 174 g/mol. The van der Waals surface area contributed by atoms with Crippen molar-refractivity contribution in [2.75, 3.05) is 26.3 Å². The predicted octanol–water partition coefficient (Wildman–Crippen LogP) is 1.44. The summed E-state index contributed by atoms with van der Waals surface area (Å²) in [4.78, 5) is 0. The van der Waals surface area contributed by atoms with Crippen LogP contribution in [0.15, 0.2) is 0 Å². The van der Waals surface area contributed by atoms with Crippen LogP contribution in [0.25, 0.3) is 0 Å². The van der Waals surface area contributed by atoms with Gasteiger partial charge in [-0.3, -0.25) is 0 Å². The molecule has 3 heteroatoms. The van der Waals surface area contributed by atoms with Gasteiger partial charge in [0.2, 0.25) is 0 Å². The first kappa shape index (κ1) is 10.3. The van der Waals surface area contributed by atoms with E-state index in [0.29, 0.717) is 0 Å². The predicted molar refractivity (Wildman–Crippen MR) is 51.8 cm³/mol. The van der Waals surface area contributed by atoms with Gasteiger partial charge in [0.15, 0.2) is 0 Å². The van der Waals surface area contributed by atoms with Crippen LogP contribution in [0.1, 0.15) is 19.3 Å². The molecule has 2 rings (SSSR count). The maximum atomic E-state index is 5.60. The van der Waals surface area contributed by atoms with Crippen LogP contribution in [-0.2, 0) is 4.74 Å². The molecule has 1 atom stereocenters. The molecule has 1 N–H and O–H groups in total. The van der Waals surface area contributed by atoms with E-state index >= 15 is 0 Å². The first-order valence-corrected chi connectivity index (χ1v) is 4.73. The molecule has 12 heavy (non-hydrogen) atoms. The smallest absolute Gasteiger partial charge is 0.0507 e. The van der Waals surface area contributed by atoms with Gasteiger partial charge in [0.25, 0.3) is 0 Å². The summed E-state index contributed by atoms with van der Waals surface area (Å²) in [6.45, 7) is 4.38. The number of nitrogens with one attached hydrogen (secondary N) is 1. The van der Waals surface area contributed by atoms with E-state index in [1.165, 1.54) is 32.4 Å². The van der Waals surface area contributed by atoms with Crippen molar-refractivity contribution in [1.29, 1.82) is 0 Å². The Morgan fingerprint density at radius 1 is 1.08 bits per heavy atom. The Kier molecular flexibility index (Phi) is 4.33. The van der Waals surface area contributed by atoms with Gasteiger partial charge in [-0.25, -0.2) is 0 Å². The van der Waals surface area contributed by atoms with E-state index in [1.807, 2.05) is 0 Å². The summed E-state index contributed by atoms with van der Waals surface area (Å²) in [5, 5.41) is 3.35. The molecule has 0 amide bonds. The molecule has 1 saturated carbocycles. The van der Waals surface area contributed by atoms with Crippen molar-refractivity contribution in [2.45, 2.75) is 19.3 Å². The monoisotopic (exact) mass is 191 g/mol. The average Bonchev–Trinajstić information content (AvgIpc) is 2.66. The molecule has 0 radical (unpaired) electrons. The van der Waals surface area contributed by atoms with Crippen LogP contribution in [0.3, 0.4) is 0 Å². The molecule has 2 fully saturated rings. The van der Waals surface area contributed by atoms with Gasteiger partial charge >= 0.3 is 0 Å². The SMILES string of the molecule is C1CC(COCC2CC2)CN1.Cl. The van der Waals surface area contributed by atoms with Crippen LogP contribution in [0, 0.1) is 11.8 Å². The summed E-state index contributed by atoms with van der Waals surface area (Å²) >= 11 is 0. The molecule has 2 nitrogen and oxygen atoms in total. The third-order valence-electron chi connectivity index (χ3n) is 2.57. The second-order valence-electron chi connectivity index (χ2n) is 3.84. The van der Waals surface area contributed by atoms with Crippen molar-refractivity contribution in [3.05, 3.63) is 0 Å². The Hall–Kier alpha value is 0.210. The van der Waals surface area contributed by atoms with Crippen LogP contribution in [0.5, 0.6) is 0 Å². The molecule has 0 aromatic rings. The Balaban J connectivity index is 0.000000720. The largest absolute Gasteiger partial charge is 0.381 e. The second-order valence-corrected chi connectivity index (χ2v) is 3.84. The van der Waals surface area contributed by atoms with Crippen molar-refractivity contribution >= 4 is 12.4 Å². The van der Waals surface area contributed by atoms with E-state index in [1.54, 1.807) is 0 Å². The summed E-state index contributed by atoms with van der Waals surface area (Å²) in [7, 11) is 0. The Morgan fingerprint density at radius 2 is 1.83 bits per heavy atom. The molecule has 1 unspecified atom stereocenters. The molecule has 1 aliphatic heterocycles. The summed E-state index contributed by atoms with van der Waals surface area (Å²) in [5.41, 5.74) is 0. The maximum absolute atomic E-state index is 5.60. The maximum Gasteiger partial charge on any atom is 0.0507 e. The molecule has 1 heterocycles. The van der Waals surface area contributed by atoms with Crippen molar-refractivity contribution in [3.8, 4) is 0 Å². The summed E-state index contributed by atoms with van der Waals surface area (Å²) in [6, 6.07) is 0. The zero-order valence-corrected chi connectivity index (χ0v) is 8.24. The lowest BCUT2D eigenvalue weighted by atomic mass is 10.1. The van der Waals surface area contributed by atoms with Gasteiger partial charge in [0, 0.05) is 13.2 Å². The Labute approximate surface area is 80.5 Å². The number of hydrogen-bond acceptors (Lipinski definition) is 2. The normalized spacial score (nSPS) is 28.5. The zero-order chi connectivity index (χ0) is 7.52. The number of hydrogen-bond donors (Lipinski definition) is 1. The van der Waals surface area contributed by atoms with Crippen molar-refractivity contribution < 1.29 is 4.74 Å². The van der Waals surface area contributed by atoms with E-state index in [9.17, 15) is 0 Å². The van der Waals surface area contributed by atoms with Crippen LogP contribution in [0.4, 0.5) is 0 Å². The Morgan fingerprint density at radius 3 is 2.42 bits per heavy atom. The molecule has 0 aromatic heterocycles. The molecule has 0 spiro atoms. The molecule has 1 aliphatic carbocycles. The number of halogens is 1. The third kappa shape index (κ3) is 3.30. The van der Waals surface area contributed by atoms with Crippen molar-refractivity contribution in [1.82, 2.24) is 5.32 Å². The molecule has 1 saturated heterocycles. The van der Waals surface area contributed by atoms with Crippen LogP contribution in [-0.4, -0.2) is 26.3 Å². The molecular formula is C9H18ClNO. The highest BCUT2D eigenvalue weighted by atomic mass is 35.5. The fourth-order valence-electron chi connectivity index (χ4n) is 1.54. The highest BCUT2D eigenvalue weighted by molar-refractivity contribution is 5.85. The van der Waals surface area contributed by atoms with E-state index < -0.39 is 0 Å². The van der Waals surface area contributed by atoms with Gasteiger partial charge in [0.05, 0.1) is 6.61 Å². The lowest BCUT2D eigenvalue weighted by molar-refractivity contribution is 0.0966. The van der Waals surface area contributed by atoms with Gasteiger partial charge in [-0.1, -0.05) is 0 Å².